The number of ether oxygens (including phenoxy) is 1. The molecule has 2 rings (SSSR count). The van der Waals surface area contributed by atoms with E-state index in [1.807, 2.05) is 12.1 Å². The summed E-state index contributed by atoms with van der Waals surface area (Å²) in [5.41, 5.74) is 1.20. The summed E-state index contributed by atoms with van der Waals surface area (Å²) >= 11 is 0. The highest BCUT2D eigenvalue weighted by Crippen LogP contribution is 2.22. The molecule has 0 radical (unpaired) electrons. The normalized spacial score (nSPS) is 18.1. The van der Waals surface area contributed by atoms with Crippen molar-refractivity contribution in [1.82, 2.24) is 5.32 Å². The Hall–Kier alpha value is -0.930. The van der Waals surface area contributed by atoms with Crippen LogP contribution < -0.4 is 5.32 Å². The molecule has 0 aromatic heterocycles. The smallest absolute Gasteiger partial charge is 0.123 e. The molecule has 0 saturated carbocycles. The van der Waals surface area contributed by atoms with Gasteiger partial charge >= 0.3 is 0 Å². The van der Waals surface area contributed by atoms with E-state index < -0.39 is 0 Å². The Morgan fingerprint density at radius 1 is 1.25 bits per heavy atom. The van der Waals surface area contributed by atoms with E-state index in [4.69, 9.17) is 4.74 Å². The first-order chi connectivity index (χ1) is 9.79. The molecule has 1 N–H and O–H groups in total. The van der Waals surface area contributed by atoms with Crippen LogP contribution in [-0.2, 0) is 4.74 Å². The fourth-order valence-electron chi connectivity index (χ4n) is 2.75. The molecule has 1 aliphatic heterocycles. The summed E-state index contributed by atoms with van der Waals surface area (Å²) < 4.78 is 18.4. The second-order valence-electron chi connectivity index (χ2n) is 5.71. The Labute approximate surface area is 121 Å². The van der Waals surface area contributed by atoms with Gasteiger partial charge in [0.2, 0.25) is 0 Å². The highest BCUT2D eigenvalue weighted by molar-refractivity contribution is 5.19. The molecule has 1 heterocycles. The van der Waals surface area contributed by atoms with Crippen LogP contribution in [0.4, 0.5) is 4.39 Å². The topological polar surface area (TPSA) is 21.3 Å². The lowest BCUT2D eigenvalue weighted by Crippen LogP contribution is -2.30. The van der Waals surface area contributed by atoms with Crippen LogP contribution in [0.15, 0.2) is 24.3 Å². The Morgan fingerprint density at radius 2 is 1.95 bits per heavy atom. The van der Waals surface area contributed by atoms with E-state index in [2.05, 4.69) is 12.2 Å². The molecule has 1 aromatic carbocycles. The van der Waals surface area contributed by atoms with Crippen LogP contribution >= 0.6 is 0 Å². The van der Waals surface area contributed by atoms with E-state index in [-0.39, 0.29) is 5.82 Å². The van der Waals surface area contributed by atoms with Gasteiger partial charge in [-0.15, -0.1) is 0 Å². The van der Waals surface area contributed by atoms with Gasteiger partial charge in [0.15, 0.2) is 0 Å². The van der Waals surface area contributed by atoms with E-state index in [1.54, 1.807) is 12.1 Å². The summed E-state index contributed by atoms with van der Waals surface area (Å²) in [6.45, 7) is 5.03. The van der Waals surface area contributed by atoms with Gasteiger partial charge in [0.25, 0.3) is 0 Å². The number of unbranched alkanes of at least 4 members (excludes halogenated alkanes) is 1. The van der Waals surface area contributed by atoms with Crippen molar-refractivity contribution in [2.45, 2.75) is 45.1 Å². The number of nitrogens with one attached hydrogen (secondary N) is 1. The maximum Gasteiger partial charge on any atom is 0.123 e. The summed E-state index contributed by atoms with van der Waals surface area (Å²) in [5, 5.41) is 3.68. The predicted octanol–water partition coefficient (Wildman–Crippen LogP) is 4.07. The molecule has 3 heteroatoms. The first-order valence-corrected chi connectivity index (χ1v) is 7.86. The molecule has 1 atom stereocenters. The molecule has 0 spiro atoms. The van der Waals surface area contributed by atoms with Gasteiger partial charge in [0.05, 0.1) is 0 Å². The van der Waals surface area contributed by atoms with Gasteiger partial charge < -0.3 is 10.1 Å². The van der Waals surface area contributed by atoms with Crippen molar-refractivity contribution in [3.63, 3.8) is 0 Å². The quantitative estimate of drug-likeness (QED) is 0.812. The fraction of sp³-hybridized carbons (Fsp3) is 0.647. The summed E-state index contributed by atoms with van der Waals surface area (Å²) in [6.07, 6.45) is 5.80. The zero-order valence-electron chi connectivity index (χ0n) is 12.4. The van der Waals surface area contributed by atoms with E-state index in [9.17, 15) is 4.39 Å². The van der Waals surface area contributed by atoms with Gasteiger partial charge in [-0.2, -0.15) is 0 Å². The van der Waals surface area contributed by atoms with Crippen LogP contribution in [-0.4, -0.2) is 19.8 Å². The third-order valence-electron chi connectivity index (χ3n) is 4.11. The van der Waals surface area contributed by atoms with Gasteiger partial charge in [0, 0.05) is 19.3 Å². The first kappa shape index (κ1) is 15.5. The summed E-state index contributed by atoms with van der Waals surface area (Å²) in [4.78, 5) is 0. The Morgan fingerprint density at radius 3 is 2.60 bits per heavy atom. The molecule has 0 bridgehead atoms. The lowest BCUT2D eigenvalue weighted by molar-refractivity contribution is 0.0653. The number of hydrogen-bond acceptors (Lipinski definition) is 2. The van der Waals surface area contributed by atoms with Crippen LogP contribution in [0, 0.1) is 11.7 Å². The molecular weight excluding hydrogens is 253 g/mol. The third kappa shape index (κ3) is 4.88. The molecular formula is C17H26FNO. The van der Waals surface area contributed by atoms with Crippen molar-refractivity contribution in [2.75, 3.05) is 19.8 Å². The van der Waals surface area contributed by atoms with Gasteiger partial charge in [0.1, 0.15) is 5.82 Å². The van der Waals surface area contributed by atoms with Crippen molar-refractivity contribution in [2.24, 2.45) is 5.92 Å². The fourth-order valence-corrected chi connectivity index (χ4v) is 2.75. The molecule has 1 saturated heterocycles. The Balaban J connectivity index is 1.90. The predicted molar refractivity (Wildman–Crippen MR) is 80.2 cm³/mol. The standard InChI is InChI=1S/C17H26FNO/c1-2-3-4-17(15-5-7-16(18)8-6-15)19-13-14-9-11-20-12-10-14/h5-8,14,17,19H,2-4,9-13H2,1H3. The monoisotopic (exact) mass is 279 g/mol. The second-order valence-corrected chi connectivity index (χ2v) is 5.71. The maximum absolute atomic E-state index is 13.0. The van der Waals surface area contributed by atoms with Crippen LogP contribution in [0.5, 0.6) is 0 Å². The number of hydrogen-bond donors (Lipinski definition) is 1. The number of rotatable bonds is 7. The van der Waals surface area contributed by atoms with Crippen molar-refractivity contribution in [1.29, 1.82) is 0 Å². The molecule has 1 fully saturated rings. The Kier molecular flexibility index (Phi) is 6.48. The average molecular weight is 279 g/mol. The average Bonchev–Trinajstić information content (AvgIpc) is 2.50. The van der Waals surface area contributed by atoms with Crippen molar-refractivity contribution >= 4 is 0 Å². The third-order valence-corrected chi connectivity index (χ3v) is 4.11. The zero-order valence-corrected chi connectivity index (χ0v) is 12.4. The van der Waals surface area contributed by atoms with Crippen molar-refractivity contribution in [3.05, 3.63) is 35.6 Å². The lowest BCUT2D eigenvalue weighted by atomic mass is 9.97. The van der Waals surface area contributed by atoms with Gasteiger partial charge in [-0.05, 0) is 49.4 Å². The molecule has 0 amide bonds. The van der Waals surface area contributed by atoms with Crippen molar-refractivity contribution < 1.29 is 9.13 Å². The molecule has 1 aliphatic rings. The molecule has 1 unspecified atom stereocenters. The molecule has 1 aromatic rings. The summed E-state index contributed by atoms with van der Waals surface area (Å²) in [7, 11) is 0. The summed E-state index contributed by atoms with van der Waals surface area (Å²) in [6, 6.07) is 7.28. The van der Waals surface area contributed by atoms with E-state index in [0.29, 0.717) is 12.0 Å². The minimum Gasteiger partial charge on any atom is -0.381 e. The summed E-state index contributed by atoms with van der Waals surface area (Å²) in [5.74, 6) is 0.556. The minimum absolute atomic E-state index is 0.160. The number of benzene rings is 1. The largest absolute Gasteiger partial charge is 0.381 e. The van der Waals surface area contributed by atoms with Crippen molar-refractivity contribution in [3.8, 4) is 0 Å². The van der Waals surface area contributed by atoms with Crippen LogP contribution in [0.25, 0.3) is 0 Å². The highest BCUT2D eigenvalue weighted by Gasteiger charge is 2.16. The van der Waals surface area contributed by atoms with Crippen LogP contribution in [0.3, 0.4) is 0 Å². The van der Waals surface area contributed by atoms with E-state index in [0.717, 1.165) is 39.0 Å². The van der Waals surface area contributed by atoms with E-state index in [1.165, 1.54) is 18.4 Å². The minimum atomic E-state index is -0.160. The SMILES string of the molecule is CCCCC(NCC1CCOCC1)c1ccc(F)cc1. The maximum atomic E-state index is 13.0. The molecule has 20 heavy (non-hydrogen) atoms. The number of halogens is 1. The lowest BCUT2D eigenvalue weighted by Gasteiger charge is -2.26. The highest BCUT2D eigenvalue weighted by atomic mass is 19.1. The van der Waals surface area contributed by atoms with Gasteiger partial charge in [-0.25, -0.2) is 4.39 Å². The Bertz CT molecular complexity index is 373. The zero-order chi connectivity index (χ0) is 14.2. The molecule has 112 valence electrons. The first-order valence-electron chi connectivity index (χ1n) is 7.86. The van der Waals surface area contributed by atoms with Gasteiger partial charge in [-0.1, -0.05) is 31.9 Å². The van der Waals surface area contributed by atoms with E-state index >= 15 is 0 Å². The van der Waals surface area contributed by atoms with Crippen LogP contribution in [0.2, 0.25) is 0 Å². The van der Waals surface area contributed by atoms with Gasteiger partial charge in [-0.3, -0.25) is 0 Å². The molecule has 2 nitrogen and oxygen atoms in total. The molecule has 0 aliphatic carbocycles. The second kappa shape index (κ2) is 8.38. The van der Waals surface area contributed by atoms with Crippen LogP contribution in [0.1, 0.15) is 50.6 Å².